The molecule has 1 aliphatic rings. The third kappa shape index (κ3) is 4.34. The van der Waals surface area contributed by atoms with Gasteiger partial charge in [0, 0.05) is 0 Å². The minimum absolute atomic E-state index is 0.312. The van der Waals surface area contributed by atoms with Gasteiger partial charge in [-0.2, -0.15) is 0 Å². The van der Waals surface area contributed by atoms with E-state index in [-0.39, 0.29) is 0 Å². The summed E-state index contributed by atoms with van der Waals surface area (Å²) in [5.41, 5.74) is 0. The third-order valence-electron chi connectivity index (χ3n) is 2.96. The number of aliphatic carboxylic acids is 1. The van der Waals surface area contributed by atoms with Crippen molar-refractivity contribution in [2.45, 2.75) is 45.1 Å². The van der Waals surface area contributed by atoms with E-state index in [4.69, 9.17) is 9.84 Å². The van der Waals surface area contributed by atoms with Gasteiger partial charge < -0.3 is 9.84 Å². The van der Waals surface area contributed by atoms with E-state index in [1.165, 1.54) is 0 Å². The zero-order chi connectivity index (χ0) is 12.7. The highest BCUT2D eigenvalue weighted by molar-refractivity contribution is 5.98. The summed E-state index contributed by atoms with van der Waals surface area (Å²) < 4.78 is 5.00. The van der Waals surface area contributed by atoms with Crippen LogP contribution in [0.1, 0.15) is 39.0 Å². The van der Waals surface area contributed by atoms with Crippen LogP contribution < -0.4 is 0 Å². The number of ether oxygens (including phenoxy) is 1. The van der Waals surface area contributed by atoms with E-state index >= 15 is 0 Å². The summed E-state index contributed by atoms with van der Waals surface area (Å²) in [4.78, 5) is 24.6. The Morgan fingerprint density at radius 2 is 1.94 bits per heavy atom. The Hall–Kier alpha value is -1.10. The van der Waals surface area contributed by atoms with Crippen LogP contribution in [0.25, 0.3) is 0 Å². The highest BCUT2D eigenvalue weighted by Gasteiger charge is 2.34. The number of likely N-dealkylation sites (tertiary alicyclic amines) is 1. The number of rotatable bonds is 6. The number of unbranched alkanes of at least 4 members (excludes halogenated alkanes) is 1. The van der Waals surface area contributed by atoms with Crippen molar-refractivity contribution in [3.8, 4) is 0 Å². The Kier molecular flexibility index (Phi) is 5.97. The molecular formula is C12H21NO4. The smallest absolute Gasteiger partial charge is 0.335 e. The predicted molar refractivity (Wildman–Crippen MR) is 62.7 cm³/mol. The lowest BCUT2D eigenvalue weighted by Crippen LogP contribution is -2.49. The largest absolute Gasteiger partial charge is 0.480 e. The van der Waals surface area contributed by atoms with Gasteiger partial charge in [-0.15, -0.1) is 0 Å². The first-order chi connectivity index (χ1) is 8.16. The van der Waals surface area contributed by atoms with E-state index < -0.39 is 18.0 Å². The van der Waals surface area contributed by atoms with E-state index in [0.717, 1.165) is 32.1 Å². The number of hydrogen-bond donors (Lipinski definition) is 1. The summed E-state index contributed by atoms with van der Waals surface area (Å²) in [6, 6.07) is -1.12. The van der Waals surface area contributed by atoms with Crippen LogP contribution in [0, 0.1) is 0 Å². The fraction of sp³-hybridized carbons (Fsp3) is 0.833. The number of nitrogens with zero attached hydrogens (tertiary/aromatic N) is 1. The molecule has 0 aromatic heterocycles. The maximum atomic E-state index is 11.7. The lowest BCUT2D eigenvalue weighted by molar-refractivity contribution is -0.161. The van der Waals surface area contributed by atoms with Crippen LogP contribution in [0.4, 0.5) is 0 Å². The zero-order valence-corrected chi connectivity index (χ0v) is 10.4. The van der Waals surface area contributed by atoms with Crippen LogP contribution in [-0.4, -0.2) is 47.7 Å². The molecule has 0 aliphatic carbocycles. The molecule has 1 unspecified atom stereocenters. The van der Waals surface area contributed by atoms with Crippen molar-refractivity contribution in [2.24, 2.45) is 0 Å². The van der Waals surface area contributed by atoms with Gasteiger partial charge in [0.25, 0.3) is 0 Å². The van der Waals surface area contributed by atoms with Gasteiger partial charge in [0.1, 0.15) is 0 Å². The quantitative estimate of drug-likeness (QED) is 0.432. The highest BCUT2D eigenvalue weighted by Crippen LogP contribution is 2.13. The molecule has 0 amide bonds. The van der Waals surface area contributed by atoms with Gasteiger partial charge in [-0.25, -0.2) is 9.59 Å². The van der Waals surface area contributed by atoms with Gasteiger partial charge >= 0.3 is 11.9 Å². The highest BCUT2D eigenvalue weighted by atomic mass is 16.5. The summed E-state index contributed by atoms with van der Waals surface area (Å²) in [6.45, 7) is 3.64. The van der Waals surface area contributed by atoms with Gasteiger partial charge in [-0.1, -0.05) is 19.8 Å². The minimum atomic E-state index is -1.12. The van der Waals surface area contributed by atoms with E-state index in [9.17, 15) is 9.59 Å². The van der Waals surface area contributed by atoms with Gasteiger partial charge in [-0.05, 0) is 32.4 Å². The summed E-state index contributed by atoms with van der Waals surface area (Å²) in [7, 11) is 0. The number of piperidine rings is 1. The van der Waals surface area contributed by atoms with Crippen LogP contribution in [0.2, 0.25) is 0 Å². The van der Waals surface area contributed by atoms with Crippen LogP contribution in [0.5, 0.6) is 0 Å². The van der Waals surface area contributed by atoms with Crippen molar-refractivity contribution < 1.29 is 19.4 Å². The predicted octanol–water partition coefficient (Wildman–Crippen LogP) is 1.27. The molecule has 0 aromatic carbocycles. The second-order valence-corrected chi connectivity index (χ2v) is 4.36. The van der Waals surface area contributed by atoms with Crippen molar-refractivity contribution >= 4 is 11.9 Å². The van der Waals surface area contributed by atoms with Crippen molar-refractivity contribution in [1.82, 2.24) is 4.90 Å². The summed E-state index contributed by atoms with van der Waals surface area (Å²) in [5, 5.41) is 9.11. The number of hydrogen-bond acceptors (Lipinski definition) is 4. The van der Waals surface area contributed by atoms with Gasteiger partial charge in [-0.3, -0.25) is 4.90 Å². The summed E-state index contributed by atoms with van der Waals surface area (Å²) in [5.74, 6) is -1.72. The molecule has 1 fully saturated rings. The average molecular weight is 243 g/mol. The summed E-state index contributed by atoms with van der Waals surface area (Å²) >= 11 is 0. The zero-order valence-electron chi connectivity index (χ0n) is 10.4. The van der Waals surface area contributed by atoms with Crippen LogP contribution in [-0.2, 0) is 14.3 Å². The van der Waals surface area contributed by atoms with E-state index in [0.29, 0.717) is 19.7 Å². The Morgan fingerprint density at radius 1 is 1.29 bits per heavy atom. The maximum absolute atomic E-state index is 11.7. The first-order valence-corrected chi connectivity index (χ1v) is 6.30. The van der Waals surface area contributed by atoms with Crippen molar-refractivity contribution in [2.75, 3.05) is 19.7 Å². The second kappa shape index (κ2) is 7.27. The molecular weight excluding hydrogens is 222 g/mol. The van der Waals surface area contributed by atoms with Crippen molar-refractivity contribution in [3.05, 3.63) is 0 Å². The molecule has 0 bridgehead atoms. The van der Waals surface area contributed by atoms with Gasteiger partial charge in [0.2, 0.25) is 6.04 Å². The minimum Gasteiger partial charge on any atom is -0.480 e. The fourth-order valence-electron chi connectivity index (χ4n) is 1.98. The monoisotopic (exact) mass is 243 g/mol. The van der Waals surface area contributed by atoms with Crippen molar-refractivity contribution in [3.63, 3.8) is 0 Å². The Morgan fingerprint density at radius 3 is 2.47 bits per heavy atom. The number of carbonyl (C=O) groups is 2. The Bertz CT molecular complexity index is 261. The molecule has 1 heterocycles. The average Bonchev–Trinajstić information content (AvgIpc) is 2.30. The molecule has 1 N–H and O–H groups in total. The molecule has 5 heteroatoms. The van der Waals surface area contributed by atoms with E-state index in [1.54, 1.807) is 4.90 Å². The van der Waals surface area contributed by atoms with E-state index in [2.05, 4.69) is 0 Å². The van der Waals surface area contributed by atoms with Crippen molar-refractivity contribution in [1.29, 1.82) is 0 Å². The number of esters is 1. The molecule has 1 saturated heterocycles. The number of carboxylic acid groups (broad SMARTS) is 1. The van der Waals surface area contributed by atoms with Gasteiger partial charge in [0.05, 0.1) is 6.61 Å². The van der Waals surface area contributed by atoms with E-state index in [1.807, 2.05) is 6.92 Å². The third-order valence-corrected chi connectivity index (χ3v) is 2.96. The first kappa shape index (κ1) is 14.0. The molecule has 1 atom stereocenters. The molecule has 1 rings (SSSR count). The molecule has 1 aliphatic heterocycles. The lowest BCUT2D eigenvalue weighted by atomic mass is 10.1. The topological polar surface area (TPSA) is 66.8 Å². The van der Waals surface area contributed by atoms with Gasteiger partial charge in [0.15, 0.2) is 0 Å². The molecule has 0 spiro atoms. The standard InChI is InChI=1S/C12H21NO4/c1-2-3-9-17-12(16)10(11(14)15)13-7-5-4-6-8-13/h10H,2-9H2,1H3,(H,14,15). The second-order valence-electron chi connectivity index (χ2n) is 4.36. The molecule has 98 valence electrons. The van der Waals surface area contributed by atoms with Crippen LogP contribution >= 0.6 is 0 Å². The Balaban J connectivity index is 2.51. The maximum Gasteiger partial charge on any atom is 0.335 e. The lowest BCUT2D eigenvalue weighted by Gasteiger charge is -2.30. The molecule has 0 saturated carbocycles. The molecule has 17 heavy (non-hydrogen) atoms. The molecule has 5 nitrogen and oxygen atoms in total. The Labute approximate surface area is 102 Å². The normalized spacial score (nSPS) is 18.6. The summed E-state index contributed by atoms with van der Waals surface area (Å²) in [6.07, 6.45) is 4.71. The van der Waals surface area contributed by atoms with Crippen LogP contribution in [0.15, 0.2) is 0 Å². The SMILES string of the molecule is CCCCOC(=O)C(C(=O)O)N1CCCCC1. The number of carbonyl (C=O) groups excluding carboxylic acids is 1. The molecule has 0 radical (unpaired) electrons. The number of carboxylic acids is 1. The molecule has 0 aromatic rings. The van der Waals surface area contributed by atoms with Crippen LogP contribution in [0.3, 0.4) is 0 Å². The first-order valence-electron chi connectivity index (χ1n) is 6.30. The fourth-order valence-corrected chi connectivity index (χ4v) is 1.98.